The Balaban J connectivity index is 1.73. The number of rotatable bonds is 7. The lowest BCUT2D eigenvalue weighted by Crippen LogP contribution is -2.26. The number of carbonyl (C=O) groups excluding carboxylic acids is 1. The van der Waals surface area contributed by atoms with Gasteiger partial charge in [0.25, 0.3) is 15.9 Å². The van der Waals surface area contributed by atoms with E-state index in [1.54, 1.807) is 72.2 Å². The standard InChI is InChI=1S/C23H24N2O3S2/c1-17-7-13-22(14-8-17)30(27,28)24-20-6-4-5-19(15-20)23(26)25(2)16-18-9-11-21(29-3)12-10-18/h4-15,24H,16H2,1-3H3. The molecule has 0 aliphatic heterocycles. The lowest BCUT2D eigenvalue weighted by atomic mass is 10.1. The van der Waals surface area contributed by atoms with Crippen molar-refractivity contribution in [3.8, 4) is 0 Å². The summed E-state index contributed by atoms with van der Waals surface area (Å²) < 4.78 is 27.8. The van der Waals surface area contributed by atoms with Gasteiger partial charge in [-0.25, -0.2) is 8.42 Å². The zero-order chi connectivity index (χ0) is 21.7. The number of sulfonamides is 1. The van der Waals surface area contributed by atoms with E-state index in [1.807, 2.05) is 37.4 Å². The number of amides is 1. The number of hydrogen-bond donors (Lipinski definition) is 1. The van der Waals surface area contributed by atoms with Gasteiger partial charge < -0.3 is 4.90 Å². The number of anilines is 1. The fraction of sp³-hybridized carbons (Fsp3) is 0.174. The molecule has 0 radical (unpaired) electrons. The van der Waals surface area contributed by atoms with Crippen molar-refractivity contribution in [2.45, 2.75) is 23.3 Å². The van der Waals surface area contributed by atoms with Gasteiger partial charge in [-0.3, -0.25) is 9.52 Å². The highest BCUT2D eigenvalue weighted by Gasteiger charge is 2.16. The lowest BCUT2D eigenvalue weighted by molar-refractivity contribution is 0.0785. The number of carbonyl (C=O) groups is 1. The molecular formula is C23H24N2O3S2. The van der Waals surface area contributed by atoms with E-state index in [4.69, 9.17) is 0 Å². The van der Waals surface area contributed by atoms with Gasteiger partial charge in [-0.2, -0.15) is 0 Å². The topological polar surface area (TPSA) is 66.5 Å². The number of thioether (sulfide) groups is 1. The predicted molar refractivity (Wildman–Crippen MR) is 122 cm³/mol. The number of nitrogens with one attached hydrogen (secondary N) is 1. The predicted octanol–water partition coefficient (Wildman–Crippen LogP) is 4.79. The van der Waals surface area contributed by atoms with Crippen molar-refractivity contribution in [1.82, 2.24) is 4.90 Å². The van der Waals surface area contributed by atoms with Crippen molar-refractivity contribution in [2.24, 2.45) is 0 Å². The smallest absolute Gasteiger partial charge is 0.261 e. The first-order valence-corrected chi connectivity index (χ1v) is 12.1. The van der Waals surface area contributed by atoms with Crippen molar-refractivity contribution in [3.63, 3.8) is 0 Å². The van der Waals surface area contributed by atoms with E-state index in [0.717, 1.165) is 11.1 Å². The minimum Gasteiger partial charge on any atom is -0.337 e. The molecule has 0 atom stereocenters. The van der Waals surface area contributed by atoms with Gasteiger partial charge in [-0.15, -0.1) is 11.8 Å². The summed E-state index contributed by atoms with van der Waals surface area (Å²) in [4.78, 5) is 15.8. The minimum absolute atomic E-state index is 0.177. The van der Waals surface area contributed by atoms with Crippen LogP contribution >= 0.6 is 11.8 Å². The monoisotopic (exact) mass is 440 g/mol. The quantitative estimate of drug-likeness (QED) is 0.537. The molecule has 0 fully saturated rings. The van der Waals surface area contributed by atoms with Gasteiger partial charge in [0.05, 0.1) is 4.90 Å². The summed E-state index contributed by atoms with van der Waals surface area (Å²) in [6.07, 6.45) is 2.02. The van der Waals surface area contributed by atoms with E-state index in [-0.39, 0.29) is 10.8 Å². The van der Waals surface area contributed by atoms with Crippen LogP contribution in [0.5, 0.6) is 0 Å². The highest BCUT2D eigenvalue weighted by molar-refractivity contribution is 7.98. The van der Waals surface area contributed by atoms with Crippen molar-refractivity contribution in [1.29, 1.82) is 0 Å². The molecule has 0 saturated heterocycles. The highest BCUT2D eigenvalue weighted by atomic mass is 32.2. The maximum atomic E-state index is 12.8. The van der Waals surface area contributed by atoms with Gasteiger partial charge in [0.1, 0.15) is 0 Å². The van der Waals surface area contributed by atoms with Crippen LogP contribution in [0.2, 0.25) is 0 Å². The van der Waals surface area contributed by atoms with Gasteiger partial charge in [0, 0.05) is 29.7 Å². The molecule has 0 aliphatic rings. The number of aryl methyl sites for hydroxylation is 1. The summed E-state index contributed by atoms with van der Waals surface area (Å²) in [6.45, 7) is 2.36. The molecule has 0 bridgehead atoms. The van der Waals surface area contributed by atoms with Crippen LogP contribution in [0.4, 0.5) is 5.69 Å². The van der Waals surface area contributed by atoms with E-state index in [2.05, 4.69) is 4.72 Å². The zero-order valence-corrected chi connectivity index (χ0v) is 18.8. The third-order valence-corrected chi connectivity index (χ3v) is 6.76. The second-order valence-corrected chi connectivity index (χ2v) is 9.57. The summed E-state index contributed by atoms with van der Waals surface area (Å²) in [7, 11) is -1.99. The maximum absolute atomic E-state index is 12.8. The summed E-state index contributed by atoms with van der Waals surface area (Å²) in [6, 6.07) is 21.2. The molecule has 0 heterocycles. The average molecular weight is 441 g/mol. The normalized spacial score (nSPS) is 11.2. The van der Waals surface area contributed by atoms with Gasteiger partial charge in [-0.1, -0.05) is 35.9 Å². The van der Waals surface area contributed by atoms with E-state index in [0.29, 0.717) is 17.8 Å². The molecule has 156 valence electrons. The van der Waals surface area contributed by atoms with E-state index in [1.165, 1.54) is 4.90 Å². The van der Waals surface area contributed by atoms with Crippen LogP contribution in [0.15, 0.2) is 82.6 Å². The Morgan fingerprint density at radius 2 is 1.67 bits per heavy atom. The van der Waals surface area contributed by atoms with Crippen LogP contribution in [-0.2, 0) is 16.6 Å². The number of benzene rings is 3. The fourth-order valence-electron chi connectivity index (χ4n) is 2.94. The molecule has 3 aromatic carbocycles. The van der Waals surface area contributed by atoms with Crippen LogP contribution in [0.3, 0.4) is 0 Å². The Labute approximate surface area is 182 Å². The average Bonchev–Trinajstić information content (AvgIpc) is 2.74. The summed E-state index contributed by atoms with van der Waals surface area (Å²) >= 11 is 1.67. The van der Waals surface area contributed by atoms with E-state index >= 15 is 0 Å². The summed E-state index contributed by atoms with van der Waals surface area (Å²) in [5.74, 6) is -0.180. The van der Waals surface area contributed by atoms with E-state index < -0.39 is 10.0 Å². The number of nitrogens with zero attached hydrogens (tertiary/aromatic N) is 1. The zero-order valence-electron chi connectivity index (χ0n) is 17.1. The van der Waals surface area contributed by atoms with Crippen molar-refractivity contribution >= 4 is 33.4 Å². The first-order chi connectivity index (χ1) is 14.3. The Morgan fingerprint density at radius 3 is 2.30 bits per heavy atom. The Kier molecular flexibility index (Phi) is 6.84. The first kappa shape index (κ1) is 21.9. The summed E-state index contributed by atoms with van der Waals surface area (Å²) in [5.41, 5.74) is 2.77. The van der Waals surface area contributed by atoms with Crippen LogP contribution in [0, 0.1) is 6.92 Å². The molecule has 1 amide bonds. The lowest BCUT2D eigenvalue weighted by Gasteiger charge is -2.18. The van der Waals surface area contributed by atoms with Crippen molar-refractivity contribution in [2.75, 3.05) is 18.0 Å². The molecule has 5 nitrogen and oxygen atoms in total. The fourth-order valence-corrected chi connectivity index (χ4v) is 4.40. The van der Waals surface area contributed by atoms with Gasteiger partial charge in [-0.05, 0) is 61.2 Å². The Morgan fingerprint density at radius 1 is 1.00 bits per heavy atom. The molecule has 0 spiro atoms. The van der Waals surface area contributed by atoms with Gasteiger partial charge in [0.2, 0.25) is 0 Å². The third-order valence-electron chi connectivity index (χ3n) is 4.62. The molecule has 1 N–H and O–H groups in total. The van der Waals surface area contributed by atoms with Crippen molar-refractivity contribution < 1.29 is 13.2 Å². The molecule has 3 rings (SSSR count). The van der Waals surface area contributed by atoms with Crippen LogP contribution in [0.25, 0.3) is 0 Å². The Hall–Kier alpha value is -2.77. The van der Waals surface area contributed by atoms with Crippen LogP contribution in [-0.4, -0.2) is 32.5 Å². The Bertz CT molecular complexity index is 1130. The molecule has 0 saturated carbocycles. The molecule has 0 unspecified atom stereocenters. The SMILES string of the molecule is CSc1ccc(CN(C)C(=O)c2cccc(NS(=O)(=O)c3ccc(C)cc3)c2)cc1. The second-order valence-electron chi connectivity index (χ2n) is 7.01. The molecular weight excluding hydrogens is 416 g/mol. The van der Waals surface area contributed by atoms with Gasteiger partial charge in [0.15, 0.2) is 0 Å². The maximum Gasteiger partial charge on any atom is 0.261 e. The molecule has 7 heteroatoms. The first-order valence-electron chi connectivity index (χ1n) is 9.36. The second kappa shape index (κ2) is 9.36. The molecule has 0 aliphatic carbocycles. The molecule has 30 heavy (non-hydrogen) atoms. The molecule has 3 aromatic rings. The summed E-state index contributed by atoms with van der Waals surface area (Å²) in [5, 5.41) is 0. The largest absolute Gasteiger partial charge is 0.337 e. The third kappa shape index (κ3) is 5.43. The van der Waals surface area contributed by atoms with Crippen LogP contribution < -0.4 is 4.72 Å². The minimum atomic E-state index is -3.72. The van der Waals surface area contributed by atoms with Crippen LogP contribution in [0.1, 0.15) is 21.5 Å². The van der Waals surface area contributed by atoms with Gasteiger partial charge >= 0.3 is 0 Å². The molecule has 0 aromatic heterocycles. The highest BCUT2D eigenvalue weighted by Crippen LogP contribution is 2.20. The van der Waals surface area contributed by atoms with Crippen molar-refractivity contribution in [3.05, 3.63) is 89.5 Å². The van der Waals surface area contributed by atoms with E-state index in [9.17, 15) is 13.2 Å². The number of hydrogen-bond acceptors (Lipinski definition) is 4.